The molecule has 1 aromatic carbocycles. The van der Waals surface area contributed by atoms with Crippen molar-refractivity contribution in [2.24, 2.45) is 11.8 Å². The van der Waals surface area contributed by atoms with Crippen molar-refractivity contribution < 1.29 is 5.11 Å². The summed E-state index contributed by atoms with van der Waals surface area (Å²) >= 11 is 1.91. The highest BCUT2D eigenvalue weighted by Crippen LogP contribution is 2.32. The van der Waals surface area contributed by atoms with Crippen LogP contribution in [0.15, 0.2) is 35.2 Å². The predicted octanol–water partition coefficient (Wildman–Crippen LogP) is 3.97. The highest BCUT2D eigenvalue weighted by atomic mass is 32.2. The third kappa shape index (κ3) is 4.04. The monoisotopic (exact) mass is 250 g/mol. The molecule has 0 saturated heterocycles. The van der Waals surface area contributed by atoms with E-state index in [1.165, 1.54) is 17.7 Å². The molecule has 1 nitrogen and oxygen atoms in total. The van der Waals surface area contributed by atoms with E-state index in [9.17, 15) is 5.11 Å². The zero-order valence-corrected chi connectivity index (χ0v) is 11.3. The predicted molar refractivity (Wildman–Crippen MR) is 74.3 cm³/mol. The van der Waals surface area contributed by atoms with Crippen molar-refractivity contribution in [1.82, 2.24) is 0 Å². The van der Waals surface area contributed by atoms with E-state index < -0.39 is 0 Å². The van der Waals surface area contributed by atoms with Gasteiger partial charge in [-0.25, -0.2) is 0 Å². The van der Waals surface area contributed by atoms with Crippen LogP contribution in [0, 0.1) is 11.8 Å². The average Bonchev–Trinajstić information content (AvgIpc) is 2.35. The SMILES string of the molecule is CC1CCC(O)C(CCSc2ccccc2)C1. The zero-order valence-electron chi connectivity index (χ0n) is 10.5. The van der Waals surface area contributed by atoms with Crippen molar-refractivity contribution in [3.63, 3.8) is 0 Å². The van der Waals surface area contributed by atoms with Crippen LogP contribution in [-0.4, -0.2) is 17.0 Å². The average molecular weight is 250 g/mol. The van der Waals surface area contributed by atoms with Gasteiger partial charge in [-0.1, -0.05) is 25.1 Å². The molecule has 1 fully saturated rings. The van der Waals surface area contributed by atoms with Gasteiger partial charge in [0.05, 0.1) is 6.10 Å². The summed E-state index contributed by atoms with van der Waals surface area (Å²) in [7, 11) is 0. The van der Waals surface area contributed by atoms with Crippen molar-refractivity contribution in [1.29, 1.82) is 0 Å². The molecule has 1 N–H and O–H groups in total. The summed E-state index contributed by atoms with van der Waals surface area (Å²) in [5, 5.41) is 9.97. The van der Waals surface area contributed by atoms with Gasteiger partial charge in [-0.05, 0) is 55.4 Å². The maximum atomic E-state index is 9.97. The molecule has 1 aromatic rings. The van der Waals surface area contributed by atoms with Crippen LogP contribution >= 0.6 is 11.8 Å². The van der Waals surface area contributed by atoms with Crippen molar-refractivity contribution in [3.05, 3.63) is 30.3 Å². The fraction of sp³-hybridized carbons (Fsp3) is 0.600. The molecule has 1 saturated carbocycles. The molecule has 0 bridgehead atoms. The third-order valence-electron chi connectivity index (χ3n) is 3.71. The Morgan fingerprint density at radius 1 is 1.24 bits per heavy atom. The first kappa shape index (κ1) is 13.0. The van der Waals surface area contributed by atoms with Gasteiger partial charge in [0.2, 0.25) is 0 Å². The van der Waals surface area contributed by atoms with Gasteiger partial charge in [0.1, 0.15) is 0 Å². The number of aliphatic hydroxyl groups is 1. The van der Waals surface area contributed by atoms with E-state index in [-0.39, 0.29) is 6.10 Å². The van der Waals surface area contributed by atoms with Crippen LogP contribution in [0.3, 0.4) is 0 Å². The second-order valence-electron chi connectivity index (χ2n) is 5.20. The van der Waals surface area contributed by atoms with Gasteiger partial charge < -0.3 is 5.11 Å². The van der Waals surface area contributed by atoms with Crippen LogP contribution in [0.5, 0.6) is 0 Å². The first-order valence-electron chi connectivity index (χ1n) is 6.61. The minimum Gasteiger partial charge on any atom is -0.393 e. The standard InChI is InChI=1S/C15H22OS/c1-12-7-8-15(16)13(11-12)9-10-17-14-5-3-2-4-6-14/h2-6,12-13,15-16H,7-11H2,1H3. The van der Waals surface area contributed by atoms with E-state index in [1.54, 1.807) is 0 Å². The third-order valence-corrected chi connectivity index (χ3v) is 4.75. The summed E-state index contributed by atoms with van der Waals surface area (Å²) in [5.74, 6) is 2.44. The summed E-state index contributed by atoms with van der Waals surface area (Å²) in [6.45, 7) is 2.31. The number of thioether (sulfide) groups is 1. The Balaban J connectivity index is 1.74. The highest BCUT2D eigenvalue weighted by Gasteiger charge is 2.26. The van der Waals surface area contributed by atoms with E-state index in [4.69, 9.17) is 0 Å². The molecule has 3 atom stereocenters. The molecule has 0 aromatic heterocycles. The fourth-order valence-corrected chi connectivity index (χ4v) is 3.64. The summed E-state index contributed by atoms with van der Waals surface area (Å²) in [6, 6.07) is 10.5. The maximum Gasteiger partial charge on any atom is 0.0568 e. The van der Waals surface area contributed by atoms with Gasteiger partial charge in [-0.3, -0.25) is 0 Å². The van der Waals surface area contributed by atoms with Crippen molar-refractivity contribution in [2.45, 2.75) is 43.6 Å². The quantitative estimate of drug-likeness (QED) is 0.816. The zero-order chi connectivity index (χ0) is 12.1. The highest BCUT2D eigenvalue weighted by molar-refractivity contribution is 7.99. The molecule has 94 valence electrons. The number of hydrogen-bond donors (Lipinski definition) is 1. The lowest BCUT2D eigenvalue weighted by molar-refractivity contribution is 0.0505. The van der Waals surface area contributed by atoms with Crippen LogP contribution in [0.4, 0.5) is 0 Å². The van der Waals surface area contributed by atoms with Crippen LogP contribution < -0.4 is 0 Å². The first-order chi connectivity index (χ1) is 8.25. The van der Waals surface area contributed by atoms with Crippen LogP contribution in [0.1, 0.15) is 32.6 Å². The molecule has 0 aliphatic heterocycles. The molecular formula is C15H22OS. The van der Waals surface area contributed by atoms with E-state index in [2.05, 4.69) is 37.3 Å². The Kier molecular flexibility index (Phi) is 4.93. The molecule has 0 spiro atoms. The second kappa shape index (κ2) is 6.46. The lowest BCUT2D eigenvalue weighted by atomic mass is 9.79. The summed E-state index contributed by atoms with van der Waals surface area (Å²) in [4.78, 5) is 1.34. The molecule has 17 heavy (non-hydrogen) atoms. The largest absolute Gasteiger partial charge is 0.393 e. The van der Waals surface area contributed by atoms with Gasteiger partial charge in [0.15, 0.2) is 0 Å². The smallest absolute Gasteiger partial charge is 0.0568 e. The van der Waals surface area contributed by atoms with Gasteiger partial charge >= 0.3 is 0 Å². The fourth-order valence-electron chi connectivity index (χ4n) is 2.64. The van der Waals surface area contributed by atoms with Crippen LogP contribution in [0.25, 0.3) is 0 Å². The number of benzene rings is 1. The van der Waals surface area contributed by atoms with Crippen LogP contribution in [-0.2, 0) is 0 Å². The molecule has 0 amide bonds. The molecule has 0 heterocycles. The Labute approximate surface area is 109 Å². The van der Waals surface area contributed by atoms with E-state index in [0.717, 1.165) is 24.5 Å². The summed E-state index contributed by atoms with van der Waals surface area (Å²) in [6.07, 6.45) is 4.50. The Bertz CT molecular complexity index is 325. The topological polar surface area (TPSA) is 20.2 Å². The van der Waals surface area contributed by atoms with Gasteiger partial charge in [0.25, 0.3) is 0 Å². The molecule has 0 radical (unpaired) electrons. The number of aliphatic hydroxyl groups excluding tert-OH is 1. The Morgan fingerprint density at radius 3 is 2.76 bits per heavy atom. The van der Waals surface area contributed by atoms with Crippen molar-refractivity contribution in [2.75, 3.05) is 5.75 Å². The molecule has 2 rings (SSSR count). The van der Waals surface area contributed by atoms with Gasteiger partial charge in [-0.15, -0.1) is 11.8 Å². The molecular weight excluding hydrogens is 228 g/mol. The normalized spacial score (nSPS) is 29.2. The molecule has 1 aliphatic carbocycles. The van der Waals surface area contributed by atoms with E-state index in [0.29, 0.717) is 5.92 Å². The lowest BCUT2D eigenvalue weighted by Crippen LogP contribution is -2.28. The molecule has 2 heteroatoms. The molecule has 1 aliphatic rings. The van der Waals surface area contributed by atoms with E-state index in [1.807, 2.05) is 11.8 Å². The minimum absolute atomic E-state index is 0.0532. The van der Waals surface area contributed by atoms with E-state index >= 15 is 0 Å². The first-order valence-corrected chi connectivity index (χ1v) is 7.60. The van der Waals surface area contributed by atoms with Gasteiger partial charge in [-0.2, -0.15) is 0 Å². The second-order valence-corrected chi connectivity index (χ2v) is 6.36. The Morgan fingerprint density at radius 2 is 2.00 bits per heavy atom. The van der Waals surface area contributed by atoms with Crippen molar-refractivity contribution >= 4 is 11.8 Å². The number of rotatable bonds is 4. The summed E-state index contributed by atoms with van der Waals surface area (Å²) in [5.41, 5.74) is 0. The number of hydrogen-bond acceptors (Lipinski definition) is 2. The summed E-state index contributed by atoms with van der Waals surface area (Å²) < 4.78 is 0. The van der Waals surface area contributed by atoms with Gasteiger partial charge in [0, 0.05) is 4.90 Å². The Hall–Kier alpha value is -0.470. The molecule has 3 unspecified atom stereocenters. The maximum absolute atomic E-state index is 9.97. The van der Waals surface area contributed by atoms with Crippen molar-refractivity contribution in [3.8, 4) is 0 Å². The lowest BCUT2D eigenvalue weighted by Gasteiger charge is -2.31. The van der Waals surface area contributed by atoms with Crippen LogP contribution in [0.2, 0.25) is 0 Å². The minimum atomic E-state index is -0.0532.